The number of ether oxygens (including phenoxy) is 2. The van der Waals surface area contributed by atoms with E-state index in [1.807, 2.05) is 11.7 Å². The van der Waals surface area contributed by atoms with Gasteiger partial charge in [-0.3, -0.25) is 4.68 Å². The summed E-state index contributed by atoms with van der Waals surface area (Å²) in [4.78, 5) is 0. The Hall–Kier alpha value is -1.85. The molecule has 0 bridgehead atoms. The third-order valence-corrected chi connectivity index (χ3v) is 5.54. The van der Waals surface area contributed by atoms with E-state index in [9.17, 15) is 0 Å². The second kappa shape index (κ2) is 6.81. The van der Waals surface area contributed by atoms with Gasteiger partial charge in [-0.25, -0.2) is 0 Å². The van der Waals surface area contributed by atoms with Crippen molar-refractivity contribution >= 4 is 0 Å². The molecule has 0 radical (unpaired) electrons. The Morgan fingerprint density at radius 1 is 1.28 bits per heavy atom. The summed E-state index contributed by atoms with van der Waals surface area (Å²) in [5.74, 6) is 0.951. The molecule has 1 aromatic heterocycles. The Morgan fingerprint density at radius 3 is 2.92 bits per heavy atom. The number of methoxy groups -OCH3 is 1. The predicted octanol–water partition coefficient (Wildman–Crippen LogP) is 2.71. The van der Waals surface area contributed by atoms with Crippen molar-refractivity contribution < 1.29 is 9.47 Å². The van der Waals surface area contributed by atoms with Gasteiger partial charge in [0, 0.05) is 37.5 Å². The second-order valence-corrected chi connectivity index (χ2v) is 7.27. The second-order valence-electron chi connectivity index (χ2n) is 7.27. The highest BCUT2D eigenvalue weighted by atomic mass is 16.5. The Bertz CT molecular complexity index is 755. The molecule has 5 heteroatoms. The lowest BCUT2D eigenvalue weighted by Crippen LogP contribution is -2.43. The van der Waals surface area contributed by atoms with Crippen LogP contribution in [0.25, 0.3) is 0 Å². The Kier molecular flexibility index (Phi) is 4.52. The zero-order chi connectivity index (χ0) is 17.4. The minimum atomic E-state index is 0.111. The van der Waals surface area contributed by atoms with Crippen LogP contribution in [0.1, 0.15) is 41.3 Å². The van der Waals surface area contributed by atoms with Gasteiger partial charge in [-0.1, -0.05) is 6.07 Å². The maximum absolute atomic E-state index is 6.06. The fourth-order valence-electron chi connectivity index (χ4n) is 4.27. The highest BCUT2D eigenvalue weighted by Crippen LogP contribution is 2.33. The van der Waals surface area contributed by atoms with Crippen molar-refractivity contribution in [3.8, 4) is 5.75 Å². The van der Waals surface area contributed by atoms with Gasteiger partial charge in [-0.15, -0.1) is 0 Å². The van der Waals surface area contributed by atoms with Crippen LogP contribution in [0.15, 0.2) is 24.4 Å². The first kappa shape index (κ1) is 16.6. The van der Waals surface area contributed by atoms with Gasteiger partial charge in [-0.2, -0.15) is 5.10 Å². The lowest BCUT2D eigenvalue weighted by atomic mass is 9.87. The van der Waals surface area contributed by atoms with E-state index in [-0.39, 0.29) is 6.10 Å². The minimum absolute atomic E-state index is 0.111. The molecule has 0 spiro atoms. The number of nitrogens with zero attached hydrogens (tertiary/aromatic N) is 2. The summed E-state index contributed by atoms with van der Waals surface area (Å²) in [5, 5.41) is 8.36. The van der Waals surface area contributed by atoms with Crippen LogP contribution in [0.3, 0.4) is 0 Å². The lowest BCUT2D eigenvalue weighted by Gasteiger charge is -2.30. The molecule has 2 aromatic rings. The smallest absolute Gasteiger partial charge is 0.119 e. The van der Waals surface area contributed by atoms with Gasteiger partial charge in [-0.05, 0) is 55.9 Å². The average Bonchev–Trinajstić information content (AvgIpc) is 3.19. The highest BCUT2D eigenvalue weighted by Gasteiger charge is 2.34. The van der Waals surface area contributed by atoms with Gasteiger partial charge < -0.3 is 14.8 Å². The standard InChI is InChI=1S/C20H27N3O2/c1-13-18(12-23(2)22-13)20-19(8-9-25-20)21-16-6-4-14-5-7-17(24-3)11-15(14)10-16/h5,7,11-12,16,19-21H,4,6,8-10H2,1-3H3/t16?,19-,20+/m0/s1. The van der Waals surface area contributed by atoms with Gasteiger partial charge in [0.05, 0.1) is 12.8 Å². The first-order valence-corrected chi connectivity index (χ1v) is 9.17. The zero-order valence-corrected chi connectivity index (χ0v) is 15.3. The summed E-state index contributed by atoms with van der Waals surface area (Å²) in [6, 6.07) is 7.33. The summed E-state index contributed by atoms with van der Waals surface area (Å²) in [5.41, 5.74) is 5.16. The number of hydrogen-bond acceptors (Lipinski definition) is 4. The van der Waals surface area contributed by atoms with Gasteiger partial charge in [0.25, 0.3) is 0 Å². The Balaban J connectivity index is 1.47. The van der Waals surface area contributed by atoms with Crippen molar-refractivity contribution in [1.29, 1.82) is 0 Å². The number of aromatic nitrogens is 2. The molecular weight excluding hydrogens is 314 g/mol. The molecule has 1 saturated heterocycles. The van der Waals surface area contributed by atoms with Gasteiger partial charge in [0.15, 0.2) is 0 Å². The molecule has 25 heavy (non-hydrogen) atoms. The number of benzene rings is 1. The molecule has 134 valence electrons. The van der Waals surface area contributed by atoms with Crippen LogP contribution in [0, 0.1) is 6.92 Å². The number of rotatable bonds is 4. The van der Waals surface area contributed by atoms with E-state index in [1.165, 1.54) is 23.1 Å². The van der Waals surface area contributed by atoms with Crippen molar-refractivity contribution in [2.75, 3.05) is 13.7 Å². The van der Waals surface area contributed by atoms with Crippen molar-refractivity contribution in [3.05, 3.63) is 46.8 Å². The molecule has 1 N–H and O–H groups in total. The number of aryl methyl sites for hydroxylation is 3. The third kappa shape index (κ3) is 3.31. The molecule has 1 aliphatic heterocycles. The largest absolute Gasteiger partial charge is 0.497 e. The topological polar surface area (TPSA) is 48.3 Å². The molecule has 1 aliphatic carbocycles. The van der Waals surface area contributed by atoms with E-state index in [0.29, 0.717) is 12.1 Å². The van der Waals surface area contributed by atoms with Crippen LogP contribution >= 0.6 is 0 Å². The lowest BCUT2D eigenvalue weighted by molar-refractivity contribution is 0.0953. The fourth-order valence-corrected chi connectivity index (χ4v) is 4.27. The van der Waals surface area contributed by atoms with Crippen LogP contribution in [-0.2, 0) is 24.6 Å². The third-order valence-electron chi connectivity index (χ3n) is 5.54. The van der Waals surface area contributed by atoms with Crippen molar-refractivity contribution in [2.24, 2.45) is 7.05 Å². The molecule has 0 amide bonds. The summed E-state index contributed by atoms with van der Waals surface area (Å²) in [6.07, 6.45) is 6.62. The molecule has 3 atom stereocenters. The maximum atomic E-state index is 6.06. The van der Waals surface area contributed by atoms with Gasteiger partial charge >= 0.3 is 0 Å². The van der Waals surface area contributed by atoms with Crippen molar-refractivity contribution in [2.45, 2.75) is 50.8 Å². The molecule has 1 fully saturated rings. The van der Waals surface area contributed by atoms with Crippen molar-refractivity contribution in [3.63, 3.8) is 0 Å². The first-order valence-electron chi connectivity index (χ1n) is 9.17. The zero-order valence-electron chi connectivity index (χ0n) is 15.3. The SMILES string of the molecule is COc1ccc2c(c1)CC(N[C@H]1CCO[C@@H]1c1cn(C)nc1C)CC2. The Morgan fingerprint density at radius 2 is 2.16 bits per heavy atom. The monoisotopic (exact) mass is 341 g/mol. The van der Waals surface area contributed by atoms with Gasteiger partial charge in [0.1, 0.15) is 11.9 Å². The van der Waals surface area contributed by atoms with E-state index in [4.69, 9.17) is 9.47 Å². The molecule has 5 nitrogen and oxygen atoms in total. The summed E-state index contributed by atoms with van der Waals surface area (Å²) in [6.45, 7) is 2.88. The molecule has 2 heterocycles. The van der Waals surface area contributed by atoms with E-state index >= 15 is 0 Å². The quantitative estimate of drug-likeness (QED) is 0.929. The molecule has 1 unspecified atom stereocenters. The van der Waals surface area contributed by atoms with E-state index in [0.717, 1.165) is 37.3 Å². The first-order chi connectivity index (χ1) is 12.1. The van der Waals surface area contributed by atoms with E-state index in [1.54, 1.807) is 7.11 Å². The Labute approximate surface area is 149 Å². The van der Waals surface area contributed by atoms with Crippen LogP contribution < -0.4 is 10.1 Å². The molecule has 1 aromatic carbocycles. The van der Waals surface area contributed by atoms with E-state index < -0.39 is 0 Å². The van der Waals surface area contributed by atoms with Crippen LogP contribution in [0.5, 0.6) is 5.75 Å². The molecule has 0 saturated carbocycles. The van der Waals surface area contributed by atoms with Crippen LogP contribution in [0.4, 0.5) is 0 Å². The maximum Gasteiger partial charge on any atom is 0.119 e. The van der Waals surface area contributed by atoms with Gasteiger partial charge in [0.2, 0.25) is 0 Å². The number of nitrogens with one attached hydrogen (secondary N) is 1. The molecular formula is C20H27N3O2. The van der Waals surface area contributed by atoms with Crippen LogP contribution in [0.2, 0.25) is 0 Å². The fraction of sp³-hybridized carbons (Fsp3) is 0.550. The average molecular weight is 341 g/mol. The summed E-state index contributed by atoms with van der Waals surface area (Å²) >= 11 is 0. The minimum Gasteiger partial charge on any atom is -0.497 e. The van der Waals surface area contributed by atoms with Crippen LogP contribution in [-0.4, -0.2) is 35.6 Å². The highest BCUT2D eigenvalue weighted by molar-refractivity contribution is 5.38. The molecule has 2 aliphatic rings. The van der Waals surface area contributed by atoms with E-state index in [2.05, 4.69) is 41.7 Å². The van der Waals surface area contributed by atoms with Crippen molar-refractivity contribution in [1.82, 2.24) is 15.1 Å². The molecule has 4 rings (SSSR count). The number of fused-ring (bicyclic) bond motifs is 1. The normalized spacial score (nSPS) is 25.8. The predicted molar refractivity (Wildman–Crippen MR) is 97.0 cm³/mol. The summed E-state index contributed by atoms with van der Waals surface area (Å²) in [7, 11) is 3.70. The summed E-state index contributed by atoms with van der Waals surface area (Å²) < 4.78 is 13.3. The number of hydrogen-bond donors (Lipinski definition) is 1.